The number of aliphatic carboxylic acids is 1. The molecule has 0 aliphatic carbocycles. The molecule has 0 aliphatic rings. The molecule has 13 nitrogen and oxygen atoms in total. The third-order valence-corrected chi connectivity index (χ3v) is 4.44. The lowest BCUT2D eigenvalue weighted by atomic mass is 9.97. The van der Waals surface area contributed by atoms with Gasteiger partial charge in [-0.1, -0.05) is 20.3 Å². The highest BCUT2D eigenvalue weighted by molar-refractivity contribution is 5.94. The smallest absolute Gasteiger partial charge is 0.326 e. The third-order valence-electron chi connectivity index (χ3n) is 4.44. The van der Waals surface area contributed by atoms with Gasteiger partial charge >= 0.3 is 5.97 Å². The van der Waals surface area contributed by atoms with Gasteiger partial charge in [0.25, 0.3) is 0 Å². The number of rotatable bonds is 14. The number of aliphatic hydroxyl groups is 2. The summed E-state index contributed by atoms with van der Waals surface area (Å²) in [6.45, 7) is 1.90. The number of hydrogen-bond donors (Lipinski definition) is 8. The summed E-state index contributed by atoms with van der Waals surface area (Å²) in [5.74, 6) is -5.14. The second kappa shape index (κ2) is 13.5. The van der Waals surface area contributed by atoms with Crippen molar-refractivity contribution in [2.45, 2.75) is 57.3 Å². The number of carboxylic acid groups (broad SMARTS) is 1. The zero-order chi connectivity index (χ0) is 23.4. The second-order valence-electron chi connectivity index (χ2n) is 6.81. The van der Waals surface area contributed by atoms with Crippen LogP contribution in [0.2, 0.25) is 0 Å². The Morgan fingerprint density at radius 2 is 1.47 bits per heavy atom. The maximum absolute atomic E-state index is 12.6. The molecule has 0 fully saturated rings. The van der Waals surface area contributed by atoms with E-state index >= 15 is 0 Å². The van der Waals surface area contributed by atoms with Crippen LogP contribution in [0.1, 0.15) is 33.1 Å². The van der Waals surface area contributed by atoms with E-state index in [0.717, 1.165) is 0 Å². The van der Waals surface area contributed by atoms with Gasteiger partial charge < -0.3 is 42.7 Å². The highest BCUT2D eigenvalue weighted by Crippen LogP contribution is 2.10. The van der Waals surface area contributed by atoms with Crippen molar-refractivity contribution in [1.29, 1.82) is 0 Å². The van der Waals surface area contributed by atoms with Gasteiger partial charge in [-0.15, -0.1) is 0 Å². The second-order valence-corrected chi connectivity index (χ2v) is 6.81. The maximum atomic E-state index is 12.6. The minimum absolute atomic E-state index is 0.230. The van der Waals surface area contributed by atoms with Crippen LogP contribution >= 0.6 is 0 Å². The minimum atomic E-state index is -1.44. The van der Waals surface area contributed by atoms with Crippen LogP contribution in [0.5, 0.6) is 0 Å². The van der Waals surface area contributed by atoms with E-state index < -0.39 is 72.9 Å². The van der Waals surface area contributed by atoms with Crippen LogP contribution in [0.3, 0.4) is 0 Å². The Bertz CT molecular complexity index is 629. The Morgan fingerprint density at radius 1 is 0.900 bits per heavy atom. The van der Waals surface area contributed by atoms with E-state index in [1.165, 1.54) is 0 Å². The lowest BCUT2D eigenvalue weighted by Crippen LogP contribution is -2.59. The molecule has 10 N–H and O–H groups in total. The fourth-order valence-electron chi connectivity index (χ4n) is 2.32. The van der Waals surface area contributed by atoms with Gasteiger partial charge in [0.2, 0.25) is 23.6 Å². The van der Waals surface area contributed by atoms with Crippen molar-refractivity contribution in [2.24, 2.45) is 17.4 Å². The topological polar surface area (TPSA) is 234 Å². The van der Waals surface area contributed by atoms with Gasteiger partial charge in [-0.2, -0.15) is 0 Å². The molecule has 5 atom stereocenters. The summed E-state index contributed by atoms with van der Waals surface area (Å²) in [5, 5.41) is 34.3. The highest BCUT2D eigenvalue weighted by atomic mass is 16.4. The summed E-state index contributed by atoms with van der Waals surface area (Å²) >= 11 is 0. The molecule has 0 rings (SSSR count). The van der Waals surface area contributed by atoms with Gasteiger partial charge in [0.05, 0.1) is 13.2 Å². The van der Waals surface area contributed by atoms with Crippen LogP contribution in [-0.4, -0.2) is 82.3 Å². The fourth-order valence-corrected chi connectivity index (χ4v) is 2.32. The van der Waals surface area contributed by atoms with E-state index in [2.05, 4.69) is 16.0 Å². The number of aliphatic hydroxyl groups excluding tert-OH is 2. The maximum Gasteiger partial charge on any atom is 0.326 e. The summed E-state index contributed by atoms with van der Waals surface area (Å²) in [7, 11) is 0. The molecule has 0 aromatic carbocycles. The van der Waals surface area contributed by atoms with Gasteiger partial charge in [0.15, 0.2) is 0 Å². The number of amides is 4. The largest absolute Gasteiger partial charge is 0.480 e. The van der Waals surface area contributed by atoms with Crippen LogP contribution < -0.4 is 27.4 Å². The number of nitrogens with one attached hydrogen (secondary N) is 3. The number of carbonyl (C=O) groups is 5. The Morgan fingerprint density at radius 3 is 1.90 bits per heavy atom. The molecule has 0 saturated heterocycles. The first-order chi connectivity index (χ1) is 14.0. The molecule has 30 heavy (non-hydrogen) atoms. The number of carboxylic acids is 1. The van der Waals surface area contributed by atoms with E-state index in [0.29, 0.717) is 6.42 Å². The van der Waals surface area contributed by atoms with Gasteiger partial charge in [0.1, 0.15) is 24.2 Å². The van der Waals surface area contributed by atoms with E-state index in [9.17, 15) is 34.2 Å². The Hall–Kier alpha value is -2.77. The Labute approximate surface area is 173 Å². The summed E-state index contributed by atoms with van der Waals surface area (Å²) in [6.07, 6.45) is -0.0593. The van der Waals surface area contributed by atoms with Gasteiger partial charge in [0, 0.05) is 6.42 Å². The molecule has 4 amide bonds. The summed E-state index contributed by atoms with van der Waals surface area (Å²) in [4.78, 5) is 59.0. The molecule has 0 aliphatic heterocycles. The molecule has 0 aromatic rings. The van der Waals surface area contributed by atoms with Crippen LogP contribution in [0.25, 0.3) is 0 Å². The summed E-state index contributed by atoms with van der Waals surface area (Å²) in [5.41, 5.74) is 10.3. The quantitative estimate of drug-likeness (QED) is 0.134. The highest BCUT2D eigenvalue weighted by Gasteiger charge is 2.32. The fraction of sp³-hybridized carbons (Fsp3) is 0.706. The summed E-state index contributed by atoms with van der Waals surface area (Å²) in [6, 6.07) is -5.33. The van der Waals surface area contributed by atoms with Crippen molar-refractivity contribution < 1.29 is 39.3 Å². The molecule has 172 valence electrons. The van der Waals surface area contributed by atoms with E-state index in [1.807, 2.05) is 0 Å². The number of nitrogens with two attached hydrogens (primary N) is 2. The third kappa shape index (κ3) is 9.15. The predicted molar refractivity (Wildman–Crippen MR) is 103 cm³/mol. The predicted octanol–water partition coefficient (Wildman–Crippen LogP) is -3.85. The molecule has 0 radical (unpaired) electrons. The van der Waals surface area contributed by atoms with Crippen molar-refractivity contribution in [2.75, 3.05) is 13.2 Å². The number of hydrogen-bond acceptors (Lipinski definition) is 8. The van der Waals surface area contributed by atoms with Crippen molar-refractivity contribution >= 4 is 29.6 Å². The van der Waals surface area contributed by atoms with Crippen molar-refractivity contribution in [1.82, 2.24) is 16.0 Å². The average molecular weight is 433 g/mol. The molecule has 0 heterocycles. The van der Waals surface area contributed by atoms with E-state index in [1.54, 1.807) is 13.8 Å². The number of primary amides is 1. The molecule has 0 spiro atoms. The van der Waals surface area contributed by atoms with Crippen LogP contribution in [-0.2, 0) is 24.0 Å². The van der Waals surface area contributed by atoms with Gasteiger partial charge in [-0.3, -0.25) is 19.2 Å². The molecule has 5 unspecified atom stereocenters. The first-order valence-electron chi connectivity index (χ1n) is 9.37. The molecule has 0 aromatic heterocycles. The van der Waals surface area contributed by atoms with Crippen LogP contribution in [0, 0.1) is 5.92 Å². The zero-order valence-electron chi connectivity index (χ0n) is 17.0. The average Bonchev–Trinajstić information content (AvgIpc) is 2.70. The van der Waals surface area contributed by atoms with E-state index in [4.69, 9.17) is 16.6 Å². The SMILES string of the molecule is CCC(C)C(NC(=O)C(CO)NC(=O)C(N)CO)C(=O)NC(CCC(N)=O)C(=O)O. The molecule has 0 bridgehead atoms. The summed E-state index contributed by atoms with van der Waals surface area (Å²) < 4.78 is 0. The van der Waals surface area contributed by atoms with Crippen LogP contribution in [0.15, 0.2) is 0 Å². The molecular weight excluding hydrogens is 402 g/mol. The lowest BCUT2D eigenvalue weighted by Gasteiger charge is -2.27. The Kier molecular flexibility index (Phi) is 12.2. The van der Waals surface area contributed by atoms with Crippen molar-refractivity contribution in [3.8, 4) is 0 Å². The van der Waals surface area contributed by atoms with Crippen molar-refractivity contribution in [3.05, 3.63) is 0 Å². The molecule has 13 heteroatoms. The van der Waals surface area contributed by atoms with Crippen molar-refractivity contribution in [3.63, 3.8) is 0 Å². The number of carbonyl (C=O) groups excluding carboxylic acids is 4. The standard InChI is InChI=1S/C17H31N5O8/c1-3-8(2)13(16(28)20-10(17(29)30)4-5-12(19)25)22-15(27)11(7-24)21-14(26)9(18)6-23/h8-11,13,23-24H,3-7,18H2,1-2H3,(H2,19,25)(H,20,28)(H,21,26)(H,22,27)(H,29,30). The van der Waals surface area contributed by atoms with Crippen LogP contribution in [0.4, 0.5) is 0 Å². The lowest BCUT2D eigenvalue weighted by molar-refractivity contribution is -0.143. The van der Waals surface area contributed by atoms with Gasteiger partial charge in [-0.25, -0.2) is 4.79 Å². The zero-order valence-corrected chi connectivity index (χ0v) is 17.0. The first kappa shape index (κ1) is 27.2. The monoisotopic (exact) mass is 433 g/mol. The van der Waals surface area contributed by atoms with E-state index in [-0.39, 0.29) is 12.8 Å². The van der Waals surface area contributed by atoms with Gasteiger partial charge in [-0.05, 0) is 12.3 Å². The first-order valence-corrected chi connectivity index (χ1v) is 9.37. The normalized spacial score (nSPS) is 15.8. The molecule has 0 saturated carbocycles. The molecular formula is C17H31N5O8. The minimum Gasteiger partial charge on any atom is -0.480 e. The Balaban J connectivity index is 5.31.